The van der Waals surface area contributed by atoms with Crippen molar-refractivity contribution in [3.8, 4) is 0 Å². The number of carbonyl (C=O) groups excluding carboxylic acids is 1. The van der Waals surface area contributed by atoms with Crippen LogP contribution in [-0.2, 0) is 11.3 Å². The molecule has 2 rings (SSSR count). The fourth-order valence-corrected chi connectivity index (χ4v) is 1.70. The summed E-state index contributed by atoms with van der Waals surface area (Å²) in [5.74, 6) is 0.128. The third-order valence-electron chi connectivity index (χ3n) is 2.68. The summed E-state index contributed by atoms with van der Waals surface area (Å²) in [6.45, 7) is 1.02. The summed E-state index contributed by atoms with van der Waals surface area (Å²) in [4.78, 5) is 11.8. The lowest BCUT2D eigenvalue weighted by Crippen LogP contribution is -2.04. The second kappa shape index (κ2) is 6.72. The smallest absolute Gasteiger partial charge is 0.165 e. The molecule has 2 nitrogen and oxygen atoms in total. The molecular weight excluding hydrogens is 224 g/mol. The maximum Gasteiger partial charge on any atom is 0.165 e. The lowest BCUT2D eigenvalue weighted by Gasteiger charge is -2.04. The highest BCUT2D eigenvalue weighted by Gasteiger charge is 2.04. The van der Waals surface area contributed by atoms with Crippen molar-refractivity contribution in [3.05, 3.63) is 71.8 Å². The number of benzene rings is 2. The van der Waals surface area contributed by atoms with Gasteiger partial charge in [0, 0.05) is 12.0 Å². The van der Waals surface area contributed by atoms with Crippen LogP contribution in [0.25, 0.3) is 0 Å². The SMILES string of the molecule is O=C(CCOCc1ccccc1)c1ccccc1. The molecule has 0 N–H and O–H groups in total. The second-order valence-electron chi connectivity index (χ2n) is 4.08. The first-order valence-corrected chi connectivity index (χ1v) is 6.06. The van der Waals surface area contributed by atoms with Crippen molar-refractivity contribution in [1.82, 2.24) is 0 Å². The number of carbonyl (C=O) groups is 1. The van der Waals surface area contributed by atoms with E-state index in [0.29, 0.717) is 19.6 Å². The van der Waals surface area contributed by atoms with Gasteiger partial charge in [0.2, 0.25) is 0 Å². The molecule has 2 aromatic carbocycles. The minimum atomic E-state index is 0.128. The highest BCUT2D eigenvalue weighted by atomic mass is 16.5. The van der Waals surface area contributed by atoms with Crippen LogP contribution in [0.2, 0.25) is 0 Å². The van der Waals surface area contributed by atoms with Gasteiger partial charge in [-0.3, -0.25) is 4.79 Å². The molecule has 0 aliphatic rings. The molecule has 0 bridgehead atoms. The zero-order valence-electron chi connectivity index (χ0n) is 10.2. The average molecular weight is 240 g/mol. The zero-order valence-corrected chi connectivity index (χ0v) is 10.2. The van der Waals surface area contributed by atoms with E-state index in [1.165, 1.54) is 0 Å². The highest BCUT2D eigenvalue weighted by molar-refractivity contribution is 5.96. The zero-order chi connectivity index (χ0) is 12.6. The number of hydrogen-bond acceptors (Lipinski definition) is 2. The Morgan fingerprint density at radius 1 is 0.889 bits per heavy atom. The predicted octanol–water partition coefficient (Wildman–Crippen LogP) is 3.48. The molecule has 0 radical (unpaired) electrons. The van der Waals surface area contributed by atoms with Crippen LogP contribution in [0, 0.1) is 0 Å². The molecule has 0 spiro atoms. The van der Waals surface area contributed by atoms with Crippen LogP contribution in [0.5, 0.6) is 0 Å². The molecule has 0 saturated carbocycles. The first kappa shape index (κ1) is 12.5. The molecule has 92 valence electrons. The van der Waals surface area contributed by atoms with Gasteiger partial charge >= 0.3 is 0 Å². The van der Waals surface area contributed by atoms with Crippen molar-refractivity contribution in [2.24, 2.45) is 0 Å². The Kier molecular flexibility index (Phi) is 4.68. The van der Waals surface area contributed by atoms with E-state index in [0.717, 1.165) is 11.1 Å². The third kappa shape index (κ3) is 3.82. The van der Waals surface area contributed by atoms with Crippen LogP contribution in [0.3, 0.4) is 0 Å². The fourth-order valence-electron chi connectivity index (χ4n) is 1.70. The van der Waals surface area contributed by atoms with Crippen molar-refractivity contribution in [3.63, 3.8) is 0 Å². The lowest BCUT2D eigenvalue weighted by atomic mass is 10.1. The normalized spacial score (nSPS) is 10.2. The van der Waals surface area contributed by atoms with Crippen LogP contribution in [0.1, 0.15) is 22.3 Å². The number of hydrogen-bond donors (Lipinski definition) is 0. The number of ketones is 1. The molecule has 2 heteroatoms. The van der Waals surface area contributed by atoms with Gasteiger partial charge in [-0.2, -0.15) is 0 Å². The van der Waals surface area contributed by atoms with E-state index in [9.17, 15) is 4.79 Å². The van der Waals surface area contributed by atoms with Gasteiger partial charge in [-0.25, -0.2) is 0 Å². The van der Waals surface area contributed by atoms with Gasteiger partial charge in [0.05, 0.1) is 13.2 Å². The molecule has 0 atom stereocenters. The van der Waals surface area contributed by atoms with Crippen LogP contribution in [0.4, 0.5) is 0 Å². The van der Waals surface area contributed by atoms with E-state index >= 15 is 0 Å². The average Bonchev–Trinajstić information content (AvgIpc) is 2.45. The van der Waals surface area contributed by atoms with E-state index in [1.807, 2.05) is 60.7 Å². The number of Topliss-reactive ketones (excluding diaryl/α,β-unsaturated/α-hetero) is 1. The molecule has 0 aliphatic heterocycles. The van der Waals surface area contributed by atoms with Crippen LogP contribution >= 0.6 is 0 Å². The van der Waals surface area contributed by atoms with E-state index in [1.54, 1.807) is 0 Å². The quantitative estimate of drug-likeness (QED) is 0.571. The summed E-state index contributed by atoms with van der Waals surface area (Å²) in [7, 11) is 0. The van der Waals surface area contributed by atoms with Gasteiger partial charge in [0.15, 0.2) is 5.78 Å². The highest BCUT2D eigenvalue weighted by Crippen LogP contribution is 2.05. The molecule has 0 fully saturated rings. The largest absolute Gasteiger partial charge is 0.376 e. The molecular formula is C16H16O2. The van der Waals surface area contributed by atoms with Crippen molar-refractivity contribution >= 4 is 5.78 Å². The van der Waals surface area contributed by atoms with Crippen LogP contribution < -0.4 is 0 Å². The standard InChI is InChI=1S/C16H16O2/c17-16(15-9-5-2-6-10-15)11-12-18-13-14-7-3-1-4-8-14/h1-10H,11-13H2. The van der Waals surface area contributed by atoms with Crippen LogP contribution in [-0.4, -0.2) is 12.4 Å². The third-order valence-corrected chi connectivity index (χ3v) is 2.68. The molecule has 18 heavy (non-hydrogen) atoms. The summed E-state index contributed by atoms with van der Waals surface area (Å²) in [6.07, 6.45) is 0.427. The topological polar surface area (TPSA) is 26.3 Å². The van der Waals surface area contributed by atoms with Crippen molar-refractivity contribution in [1.29, 1.82) is 0 Å². The molecule has 0 amide bonds. The van der Waals surface area contributed by atoms with Gasteiger partial charge in [0.25, 0.3) is 0 Å². The molecule has 2 aromatic rings. The minimum Gasteiger partial charge on any atom is -0.376 e. The maximum absolute atomic E-state index is 11.8. The molecule has 0 aromatic heterocycles. The first-order valence-electron chi connectivity index (χ1n) is 6.06. The van der Waals surface area contributed by atoms with Crippen molar-refractivity contribution in [2.75, 3.05) is 6.61 Å². The Bertz CT molecular complexity index is 477. The van der Waals surface area contributed by atoms with E-state index in [4.69, 9.17) is 4.74 Å². The van der Waals surface area contributed by atoms with Crippen molar-refractivity contribution in [2.45, 2.75) is 13.0 Å². The fraction of sp³-hybridized carbons (Fsp3) is 0.188. The Labute approximate surface area is 107 Å². The molecule has 0 heterocycles. The summed E-state index contributed by atoms with van der Waals surface area (Å²) in [5, 5.41) is 0. The van der Waals surface area contributed by atoms with Gasteiger partial charge in [-0.1, -0.05) is 60.7 Å². The summed E-state index contributed by atoms with van der Waals surface area (Å²) in [5.41, 5.74) is 1.88. The number of rotatable bonds is 6. The number of ether oxygens (including phenoxy) is 1. The van der Waals surface area contributed by atoms with E-state index < -0.39 is 0 Å². The summed E-state index contributed by atoms with van der Waals surface area (Å²) in [6, 6.07) is 19.3. The Hall–Kier alpha value is -1.93. The molecule has 0 aliphatic carbocycles. The summed E-state index contributed by atoms with van der Waals surface area (Å²) < 4.78 is 5.49. The van der Waals surface area contributed by atoms with E-state index in [2.05, 4.69) is 0 Å². The van der Waals surface area contributed by atoms with Crippen molar-refractivity contribution < 1.29 is 9.53 Å². The Morgan fingerprint density at radius 2 is 1.50 bits per heavy atom. The minimum absolute atomic E-state index is 0.128. The first-order chi connectivity index (χ1) is 8.86. The van der Waals surface area contributed by atoms with Gasteiger partial charge in [-0.05, 0) is 5.56 Å². The van der Waals surface area contributed by atoms with Gasteiger partial charge in [-0.15, -0.1) is 0 Å². The second-order valence-corrected chi connectivity index (χ2v) is 4.08. The monoisotopic (exact) mass is 240 g/mol. The summed E-state index contributed by atoms with van der Waals surface area (Å²) >= 11 is 0. The van der Waals surface area contributed by atoms with E-state index in [-0.39, 0.29) is 5.78 Å². The Balaban J connectivity index is 1.72. The maximum atomic E-state index is 11.8. The van der Waals surface area contributed by atoms with Gasteiger partial charge in [0.1, 0.15) is 0 Å². The molecule has 0 unspecified atom stereocenters. The molecule has 0 saturated heterocycles. The predicted molar refractivity (Wildman–Crippen MR) is 71.5 cm³/mol. The lowest BCUT2D eigenvalue weighted by molar-refractivity contribution is 0.0848. The Morgan fingerprint density at radius 3 is 2.17 bits per heavy atom. The van der Waals surface area contributed by atoms with Gasteiger partial charge < -0.3 is 4.74 Å². The van der Waals surface area contributed by atoms with Crippen LogP contribution in [0.15, 0.2) is 60.7 Å².